The first kappa shape index (κ1) is 8.21. The maximum Gasteiger partial charge on any atom is 0.475 e. The van der Waals surface area contributed by atoms with Crippen LogP contribution < -0.4 is 0 Å². The highest BCUT2D eigenvalue weighted by molar-refractivity contribution is 7.48. The van der Waals surface area contributed by atoms with Crippen LogP contribution in [0.15, 0.2) is 0 Å². The van der Waals surface area contributed by atoms with Crippen LogP contribution in [0.25, 0.3) is 0 Å². The summed E-state index contributed by atoms with van der Waals surface area (Å²) >= 11 is 0. The Hall–Kier alpha value is 0.110. The molecule has 0 saturated carbocycles. The van der Waals surface area contributed by atoms with Crippen molar-refractivity contribution in [3.63, 3.8) is 0 Å². The van der Waals surface area contributed by atoms with Gasteiger partial charge in [0.15, 0.2) is 0 Å². The van der Waals surface area contributed by atoms with Crippen molar-refractivity contribution in [3.05, 3.63) is 0 Å². The maximum atomic E-state index is 11.1. The molecule has 2 atom stereocenters. The van der Waals surface area contributed by atoms with Gasteiger partial charge < -0.3 is 0 Å². The molecule has 60 valence electrons. The fraction of sp³-hybridized carbons (Fsp3) is 1.00. The predicted octanol–water partition coefficient (Wildman–Crippen LogP) is 1.56. The van der Waals surface area contributed by atoms with Crippen LogP contribution in [0.4, 0.5) is 0 Å². The number of phosphoric ester groups is 1. The van der Waals surface area contributed by atoms with Crippen LogP contribution in [-0.4, -0.2) is 19.3 Å². The molecule has 0 N–H and O–H groups in total. The SMILES string of the molecule is COP1(=O)O[C@@H](C)[C@H](C)O1. The van der Waals surface area contributed by atoms with Crippen LogP contribution in [0.5, 0.6) is 0 Å². The summed E-state index contributed by atoms with van der Waals surface area (Å²) in [6, 6.07) is 0. The van der Waals surface area contributed by atoms with Crippen LogP contribution in [0.2, 0.25) is 0 Å². The van der Waals surface area contributed by atoms with Crippen molar-refractivity contribution in [2.24, 2.45) is 0 Å². The highest BCUT2D eigenvalue weighted by Gasteiger charge is 2.40. The summed E-state index contributed by atoms with van der Waals surface area (Å²) in [6.07, 6.45) is -0.295. The van der Waals surface area contributed by atoms with E-state index in [1.54, 1.807) is 13.8 Å². The van der Waals surface area contributed by atoms with E-state index in [1.807, 2.05) is 0 Å². The minimum atomic E-state index is -3.16. The quantitative estimate of drug-likeness (QED) is 0.554. The minimum absolute atomic E-state index is 0.147. The van der Waals surface area contributed by atoms with Gasteiger partial charge >= 0.3 is 7.82 Å². The van der Waals surface area contributed by atoms with Gasteiger partial charge in [-0.1, -0.05) is 0 Å². The van der Waals surface area contributed by atoms with Gasteiger partial charge in [-0.3, -0.25) is 13.6 Å². The molecule has 1 aliphatic rings. The van der Waals surface area contributed by atoms with E-state index < -0.39 is 7.82 Å². The second kappa shape index (κ2) is 2.62. The lowest BCUT2D eigenvalue weighted by atomic mass is 10.3. The Labute approximate surface area is 60.1 Å². The summed E-state index contributed by atoms with van der Waals surface area (Å²) in [7, 11) is -1.85. The Morgan fingerprint density at radius 2 is 1.70 bits per heavy atom. The smallest absolute Gasteiger partial charge is 0.290 e. The Morgan fingerprint density at radius 1 is 1.30 bits per heavy atom. The molecule has 0 aromatic heterocycles. The lowest BCUT2D eigenvalue weighted by molar-refractivity contribution is 0.187. The summed E-state index contributed by atoms with van der Waals surface area (Å²) in [5, 5.41) is 0. The molecule has 10 heavy (non-hydrogen) atoms. The van der Waals surface area contributed by atoms with E-state index in [1.165, 1.54) is 7.11 Å². The van der Waals surface area contributed by atoms with E-state index in [9.17, 15) is 4.57 Å². The van der Waals surface area contributed by atoms with Crippen molar-refractivity contribution < 1.29 is 18.1 Å². The van der Waals surface area contributed by atoms with Crippen molar-refractivity contribution in [1.29, 1.82) is 0 Å². The zero-order valence-electron chi connectivity index (χ0n) is 6.23. The zero-order chi connectivity index (χ0) is 7.78. The van der Waals surface area contributed by atoms with Gasteiger partial charge in [-0.15, -0.1) is 0 Å². The van der Waals surface area contributed by atoms with E-state index in [4.69, 9.17) is 9.05 Å². The molecule has 0 aromatic rings. The summed E-state index contributed by atoms with van der Waals surface area (Å²) in [4.78, 5) is 0. The summed E-state index contributed by atoms with van der Waals surface area (Å²) in [6.45, 7) is 3.59. The van der Waals surface area contributed by atoms with E-state index in [-0.39, 0.29) is 12.2 Å². The molecule has 1 heterocycles. The molecule has 0 aromatic carbocycles. The summed E-state index contributed by atoms with van der Waals surface area (Å²) in [5.41, 5.74) is 0. The summed E-state index contributed by atoms with van der Waals surface area (Å²) in [5.74, 6) is 0. The fourth-order valence-electron chi connectivity index (χ4n) is 0.690. The van der Waals surface area contributed by atoms with Gasteiger partial charge in [0, 0.05) is 7.11 Å². The second-order valence-corrected chi connectivity index (χ2v) is 3.93. The normalized spacial score (nSPS) is 38.3. The van der Waals surface area contributed by atoms with Gasteiger partial charge in [-0.05, 0) is 13.8 Å². The predicted molar refractivity (Wildman–Crippen MR) is 35.7 cm³/mol. The largest absolute Gasteiger partial charge is 0.475 e. The molecule has 0 bridgehead atoms. The fourth-order valence-corrected chi connectivity index (χ4v) is 2.07. The van der Waals surface area contributed by atoms with Gasteiger partial charge in [0.1, 0.15) is 0 Å². The molecular formula is C5H11O4P. The average Bonchev–Trinajstić information content (AvgIpc) is 2.10. The lowest BCUT2D eigenvalue weighted by Gasteiger charge is -2.04. The van der Waals surface area contributed by atoms with Crippen molar-refractivity contribution in [3.8, 4) is 0 Å². The van der Waals surface area contributed by atoms with Gasteiger partial charge in [-0.25, -0.2) is 4.57 Å². The van der Waals surface area contributed by atoms with Gasteiger partial charge in [0.25, 0.3) is 0 Å². The van der Waals surface area contributed by atoms with Gasteiger partial charge in [0.05, 0.1) is 12.2 Å². The number of hydrogen-bond acceptors (Lipinski definition) is 4. The average molecular weight is 166 g/mol. The number of phosphoric acid groups is 1. The maximum absolute atomic E-state index is 11.1. The lowest BCUT2D eigenvalue weighted by Crippen LogP contribution is -2.13. The van der Waals surface area contributed by atoms with Crippen LogP contribution in [0.1, 0.15) is 13.8 Å². The second-order valence-electron chi connectivity index (χ2n) is 2.25. The first-order valence-corrected chi connectivity index (χ1v) is 4.56. The van der Waals surface area contributed by atoms with Crippen LogP contribution in [-0.2, 0) is 18.1 Å². The molecule has 0 amide bonds. The van der Waals surface area contributed by atoms with Crippen LogP contribution >= 0.6 is 7.82 Å². The summed E-state index contributed by atoms with van der Waals surface area (Å²) < 4.78 is 25.5. The van der Waals surface area contributed by atoms with E-state index in [2.05, 4.69) is 4.52 Å². The van der Waals surface area contributed by atoms with E-state index >= 15 is 0 Å². The number of hydrogen-bond donors (Lipinski definition) is 0. The first-order chi connectivity index (χ1) is 4.57. The Bertz CT molecular complexity index is 155. The monoisotopic (exact) mass is 166 g/mol. The molecule has 1 saturated heterocycles. The third-order valence-electron chi connectivity index (χ3n) is 1.48. The first-order valence-electron chi connectivity index (χ1n) is 3.10. The van der Waals surface area contributed by atoms with Crippen molar-refractivity contribution in [2.75, 3.05) is 7.11 Å². The molecule has 0 spiro atoms. The highest BCUT2D eigenvalue weighted by atomic mass is 31.2. The Morgan fingerprint density at radius 3 is 1.90 bits per heavy atom. The molecule has 1 aliphatic heterocycles. The molecular weight excluding hydrogens is 155 g/mol. The third-order valence-corrected chi connectivity index (χ3v) is 3.10. The van der Waals surface area contributed by atoms with Crippen molar-refractivity contribution >= 4 is 7.82 Å². The number of rotatable bonds is 1. The highest BCUT2D eigenvalue weighted by Crippen LogP contribution is 2.56. The molecule has 0 aliphatic carbocycles. The van der Waals surface area contributed by atoms with Gasteiger partial charge in [-0.2, -0.15) is 0 Å². The molecule has 4 nitrogen and oxygen atoms in total. The van der Waals surface area contributed by atoms with E-state index in [0.717, 1.165) is 0 Å². The van der Waals surface area contributed by atoms with Crippen LogP contribution in [0.3, 0.4) is 0 Å². The van der Waals surface area contributed by atoms with Crippen molar-refractivity contribution in [1.82, 2.24) is 0 Å². The third kappa shape index (κ3) is 1.40. The van der Waals surface area contributed by atoms with E-state index in [0.29, 0.717) is 0 Å². The Balaban J connectivity index is 2.64. The molecule has 1 fully saturated rings. The molecule has 5 heteroatoms. The van der Waals surface area contributed by atoms with Gasteiger partial charge in [0.2, 0.25) is 0 Å². The Kier molecular flexibility index (Phi) is 2.15. The topological polar surface area (TPSA) is 44.8 Å². The van der Waals surface area contributed by atoms with Crippen LogP contribution in [0, 0.1) is 0 Å². The zero-order valence-corrected chi connectivity index (χ0v) is 7.13. The molecule has 0 radical (unpaired) electrons. The molecule has 1 rings (SSSR count). The minimum Gasteiger partial charge on any atom is -0.290 e. The van der Waals surface area contributed by atoms with Crippen molar-refractivity contribution in [2.45, 2.75) is 26.1 Å². The standard InChI is InChI=1S/C5H11O4P/c1-4-5(2)9-10(6,7-3)8-4/h4-5H,1-3H3/t4-,5-/m0/s1. The molecule has 0 unspecified atom stereocenters.